The summed E-state index contributed by atoms with van der Waals surface area (Å²) in [5, 5.41) is 3.97. The van der Waals surface area contributed by atoms with Gasteiger partial charge in [0.15, 0.2) is 11.5 Å². The summed E-state index contributed by atoms with van der Waals surface area (Å²) in [5.74, 6) is 0.972. The molecule has 3 aromatic rings. The number of carbonyl (C=O) groups excluding carboxylic acids is 1. The summed E-state index contributed by atoms with van der Waals surface area (Å²) in [6, 6.07) is 19.6. The zero-order valence-corrected chi connectivity index (χ0v) is 21.5. The van der Waals surface area contributed by atoms with Crippen LogP contribution in [0.4, 0.5) is 5.69 Å². The van der Waals surface area contributed by atoms with Crippen molar-refractivity contribution in [1.29, 1.82) is 0 Å². The Bertz CT molecular complexity index is 1330. The van der Waals surface area contributed by atoms with Gasteiger partial charge in [0, 0.05) is 0 Å². The number of amides is 1. The number of nitrogens with one attached hydrogen (secondary N) is 1. The van der Waals surface area contributed by atoms with Crippen molar-refractivity contribution in [3.05, 3.63) is 91.0 Å². The molecule has 0 saturated heterocycles. The van der Waals surface area contributed by atoms with Gasteiger partial charge in [0.25, 0.3) is 15.9 Å². The lowest BCUT2D eigenvalue weighted by Gasteiger charge is -2.23. The lowest BCUT2D eigenvalue weighted by Crippen LogP contribution is -2.39. The Balaban J connectivity index is 1.76. The van der Waals surface area contributed by atoms with E-state index in [9.17, 15) is 13.2 Å². The van der Waals surface area contributed by atoms with Gasteiger partial charge in [-0.25, -0.2) is 13.8 Å². The Morgan fingerprint density at radius 2 is 1.76 bits per heavy atom. The van der Waals surface area contributed by atoms with E-state index in [4.69, 9.17) is 14.2 Å². The first-order valence-corrected chi connectivity index (χ1v) is 12.9. The van der Waals surface area contributed by atoms with Crippen molar-refractivity contribution >= 4 is 27.8 Å². The molecule has 0 aliphatic rings. The summed E-state index contributed by atoms with van der Waals surface area (Å²) in [5.41, 5.74) is 3.37. The van der Waals surface area contributed by atoms with Gasteiger partial charge in [-0.3, -0.25) is 9.10 Å². The van der Waals surface area contributed by atoms with E-state index in [1.165, 1.54) is 25.5 Å². The van der Waals surface area contributed by atoms with Gasteiger partial charge in [0.05, 0.1) is 30.5 Å². The number of methoxy groups -OCH3 is 1. The van der Waals surface area contributed by atoms with Crippen LogP contribution in [0.5, 0.6) is 17.2 Å². The number of hydrazone groups is 1. The predicted molar refractivity (Wildman–Crippen MR) is 143 cm³/mol. The second-order valence-electron chi connectivity index (χ2n) is 7.55. The molecule has 0 aromatic heterocycles. The van der Waals surface area contributed by atoms with Crippen LogP contribution in [0.15, 0.2) is 95.4 Å². The van der Waals surface area contributed by atoms with Crippen LogP contribution < -0.4 is 23.9 Å². The summed E-state index contributed by atoms with van der Waals surface area (Å²) in [7, 11) is -2.54. The first-order chi connectivity index (χ1) is 17.9. The Morgan fingerprint density at radius 1 is 1.03 bits per heavy atom. The second-order valence-corrected chi connectivity index (χ2v) is 9.42. The fourth-order valence-corrected chi connectivity index (χ4v) is 4.71. The van der Waals surface area contributed by atoms with Crippen molar-refractivity contribution in [2.75, 3.05) is 31.2 Å². The Kier molecular flexibility index (Phi) is 9.68. The smallest absolute Gasteiger partial charge is 0.264 e. The summed E-state index contributed by atoms with van der Waals surface area (Å²) >= 11 is 0. The monoisotopic (exact) mass is 523 g/mol. The van der Waals surface area contributed by atoms with Crippen LogP contribution in [0, 0.1) is 0 Å². The molecule has 0 saturated carbocycles. The Morgan fingerprint density at radius 3 is 2.41 bits per heavy atom. The zero-order valence-electron chi connectivity index (χ0n) is 20.7. The second kappa shape index (κ2) is 13.1. The molecular formula is C27H29N3O6S. The summed E-state index contributed by atoms with van der Waals surface area (Å²) in [6.45, 7) is 5.77. The molecule has 37 heavy (non-hydrogen) atoms. The molecule has 0 heterocycles. The van der Waals surface area contributed by atoms with Gasteiger partial charge >= 0.3 is 0 Å². The zero-order chi connectivity index (χ0) is 26.7. The molecule has 0 bridgehead atoms. The van der Waals surface area contributed by atoms with E-state index in [1.54, 1.807) is 66.7 Å². The van der Waals surface area contributed by atoms with Crippen LogP contribution in [-0.4, -0.2) is 47.4 Å². The third-order valence-electron chi connectivity index (χ3n) is 5.00. The Labute approximate surface area is 217 Å². The van der Waals surface area contributed by atoms with Gasteiger partial charge < -0.3 is 14.2 Å². The summed E-state index contributed by atoms with van der Waals surface area (Å²) in [4.78, 5) is 12.8. The fourth-order valence-electron chi connectivity index (χ4n) is 3.29. The number of rotatable bonds is 13. The van der Waals surface area contributed by atoms with Crippen LogP contribution in [0.1, 0.15) is 12.5 Å². The highest BCUT2D eigenvalue weighted by Gasteiger charge is 2.27. The highest BCUT2D eigenvalue weighted by molar-refractivity contribution is 7.92. The highest BCUT2D eigenvalue weighted by atomic mass is 32.2. The molecule has 0 fully saturated rings. The molecule has 1 N–H and O–H groups in total. The van der Waals surface area contributed by atoms with Gasteiger partial charge in [-0.2, -0.15) is 5.10 Å². The number of hydrogen-bond donors (Lipinski definition) is 1. The molecule has 9 nitrogen and oxygen atoms in total. The Hall–Kier alpha value is -4.31. The minimum atomic E-state index is -4.05. The first kappa shape index (κ1) is 27.3. The van der Waals surface area contributed by atoms with Crippen LogP contribution >= 0.6 is 0 Å². The van der Waals surface area contributed by atoms with Crippen LogP contribution in [0.3, 0.4) is 0 Å². The van der Waals surface area contributed by atoms with E-state index < -0.39 is 22.5 Å². The number of anilines is 1. The van der Waals surface area contributed by atoms with Crippen molar-refractivity contribution in [3.63, 3.8) is 0 Å². The van der Waals surface area contributed by atoms with E-state index in [1.807, 2.05) is 6.92 Å². The molecule has 0 radical (unpaired) electrons. The largest absolute Gasteiger partial charge is 0.494 e. The van der Waals surface area contributed by atoms with Crippen LogP contribution in [-0.2, 0) is 14.8 Å². The maximum atomic E-state index is 13.4. The normalized spacial score (nSPS) is 11.1. The summed E-state index contributed by atoms with van der Waals surface area (Å²) in [6.07, 6.45) is 3.05. The van der Waals surface area contributed by atoms with Crippen LogP contribution in [0.25, 0.3) is 0 Å². The van der Waals surface area contributed by atoms with Gasteiger partial charge in [-0.1, -0.05) is 30.9 Å². The molecule has 0 atom stereocenters. The molecular weight excluding hydrogens is 494 g/mol. The number of sulfonamides is 1. The molecule has 194 valence electrons. The number of ether oxygens (including phenoxy) is 3. The number of carbonyl (C=O) groups is 1. The SMILES string of the molecule is C=CCOc1ccc(/C=N/NC(=O)CN(c2ccccc2)S(=O)(=O)c2ccc(OCC)cc2)cc1OC. The minimum Gasteiger partial charge on any atom is -0.494 e. The topological polar surface area (TPSA) is 107 Å². The molecule has 3 rings (SSSR count). The molecule has 0 spiro atoms. The molecule has 1 amide bonds. The standard InChI is InChI=1S/C27H29N3O6S/c1-4-17-36-25-16-11-21(18-26(25)34-3)19-28-29-27(31)20-30(22-9-7-6-8-10-22)37(32,33)24-14-12-23(13-15-24)35-5-2/h4,6-16,18-19H,1,5,17,20H2,2-3H3,(H,29,31)/b28-19+. The third-order valence-corrected chi connectivity index (χ3v) is 6.79. The van der Waals surface area contributed by atoms with Gasteiger partial charge in [0.2, 0.25) is 0 Å². The fraction of sp³-hybridized carbons (Fsp3) is 0.185. The first-order valence-electron chi connectivity index (χ1n) is 11.4. The number of nitrogens with zero attached hydrogens (tertiary/aromatic N) is 2. The van der Waals surface area contributed by atoms with Gasteiger partial charge in [0.1, 0.15) is 18.9 Å². The van der Waals surface area contributed by atoms with Gasteiger partial charge in [-0.15, -0.1) is 0 Å². The van der Waals surface area contributed by atoms with Crippen molar-refractivity contribution in [2.45, 2.75) is 11.8 Å². The van der Waals surface area contributed by atoms with E-state index in [0.29, 0.717) is 41.7 Å². The van der Waals surface area contributed by atoms with E-state index in [-0.39, 0.29) is 4.90 Å². The van der Waals surface area contributed by atoms with Crippen LogP contribution in [0.2, 0.25) is 0 Å². The predicted octanol–water partition coefficient (Wildman–Crippen LogP) is 4.00. The van der Waals surface area contributed by atoms with E-state index in [2.05, 4.69) is 17.1 Å². The molecule has 10 heteroatoms. The highest BCUT2D eigenvalue weighted by Crippen LogP contribution is 2.28. The molecule has 0 aliphatic carbocycles. The van der Waals surface area contributed by atoms with Gasteiger partial charge in [-0.05, 0) is 67.1 Å². The van der Waals surface area contributed by atoms with Crippen molar-refractivity contribution in [3.8, 4) is 17.2 Å². The number of hydrogen-bond acceptors (Lipinski definition) is 7. The number of benzene rings is 3. The van der Waals surface area contributed by atoms with E-state index >= 15 is 0 Å². The number of para-hydroxylation sites is 1. The maximum absolute atomic E-state index is 13.4. The quantitative estimate of drug-likeness (QED) is 0.206. The maximum Gasteiger partial charge on any atom is 0.264 e. The van der Waals surface area contributed by atoms with E-state index in [0.717, 1.165) is 4.31 Å². The average Bonchev–Trinajstić information content (AvgIpc) is 2.91. The minimum absolute atomic E-state index is 0.0296. The summed E-state index contributed by atoms with van der Waals surface area (Å²) < 4.78 is 44.2. The van der Waals surface area contributed by atoms with Crippen molar-refractivity contribution in [1.82, 2.24) is 5.43 Å². The molecule has 0 unspecified atom stereocenters. The van der Waals surface area contributed by atoms with Crippen molar-refractivity contribution < 1.29 is 27.4 Å². The third kappa shape index (κ3) is 7.34. The molecule has 3 aromatic carbocycles. The lowest BCUT2D eigenvalue weighted by molar-refractivity contribution is -0.119. The van der Waals surface area contributed by atoms with Crippen molar-refractivity contribution in [2.24, 2.45) is 5.10 Å². The lowest BCUT2D eigenvalue weighted by atomic mass is 10.2. The average molecular weight is 524 g/mol. The molecule has 0 aliphatic heterocycles.